The van der Waals surface area contributed by atoms with E-state index in [1.165, 1.54) is 19.3 Å². The molecule has 1 fully saturated rings. The van der Waals surface area contributed by atoms with Crippen LogP contribution in [0.4, 0.5) is 4.79 Å². The molecule has 0 radical (unpaired) electrons. The van der Waals surface area contributed by atoms with Crippen LogP contribution in [0.15, 0.2) is 0 Å². The minimum absolute atomic E-state index is 0.270. The van der Waals surface area contributed by atoms with Gasteiger partial charge in [0.2, 0.25) is 0 Å². The van der Waals surface area contributed by atoms with Gasteiger partial charge in [0.1, 0.15) is 0 Å². The first-order valence-corrected chi connectivity index (χ1v) is 5.52. The second-order valence-corrected chi connectivity index (χ2v) is 3.89. The van der Waals surface area contributed by atoms with Gasteiger partial charge in [0.25, 0.3) is 0 Å². The zero-order valence-electron chi connectivity index (χ0n) is 8.96. The van der Waals surface area contributed by atoms with Crippen LogP contribution in [0.2, 0.25) is 0 Å². The lowest BCUT2D eigenvalue weighted by molar-refractivity contribution is 0.160. The normalized spacial score (nSPS) is 22.4. The van der Waals surface area contributed by atoms with Crippen LogP contribution in [0.25, 0.3) is 0 Å². The van der Waals surface area contributed by atoms with Gasteiger partial charge in [0.15, 0.2) is 0 Å². The highest BCUT2D eigenvalue weighted by Crippen LogP contribution is 2.11. The monoisotopic (exact) mass is 199 g/mol. The second kappa shape index (κ2) is 5.86. The number of unbranched alkanes of at least 4 members (excludes halogenated alkanes) is 2. The molecule has 0 aromatic heterocycles. The van der Waals surface area contributed by atoms with E-state index in [2.05, 4.69) is 12.2 Å². The molecule has 0 spiro atoms. The van der Waals surface area contributed by atoms with Crippen LogP contribution in [0.3, 0.4) is 0 Å². The largest absolute Gasteiger partial charge is 0.351 e. The number of nitrogens with zero attached hydrogens (tertiary/aromatic N) is 1. The van der Waals surface area contributed by atoms with E-state index in [-0.39, 0.29) is 6.03 Å². The second-order valence-electron chi connectivity index (χ2n) is 3.89. The number of urea groups is 1. The summed E-state index contributed by atoms with van der Waals surface area (Å²) in [6, 6.07) is 0.0424. The van der Waals surface area contributed by atoms with Crippen molar-refractivity contribution in [2.75, 3.05) is 19.6 Å². The Bertz CT molecular complexity index is 184. The predicted molar refractivity (Wildman–Crippen MR) is 57.1 cm³/mol. The lowest BCUT2D eigenvalue weighted by Crippen LogP contribution is -2.55. The maximum atomic E-state index is 11.1. The molecule has 1 aliphatic rings. The number of carbonyl (C=O) groups excluding carboxylic acids is 1. The van der Waals surface area contributed by atoms with E-state index in [4.69, 9.17) is 5.73 Å². The lowest BCUT2D eigenvalue weighted by atomic mass is 10.1. The molecule has 4 heteroatoms. The fourth-order valence-electron chi connectivity index (χ4n) is 1.94. The smallest absolute Gasteiger partial charge is 0.315 e. The average Bonchev–Trinajstić information content (AvgIpc) is 2.19. The van der Waals surface area contributed by atoms with Crippen LogP contribution in [-0.4, -0.2) is 36.6 Å². The topological polar surface area (TPSA) is 58.4 Å². The number of rotatable bonds is 4. The van der Waals surface area contributed by atoms with E-state index in [9.17, 15) is 4.79 Å². The third-order valence-corrected chi connectivity index (χ3v) is 2.77. The molecule has 1 rings (SSSR count). The van der Waals surface area contributed by atoms with Crippen LogP contribution >= 0.6 is 0 Å². The zero-order chi connectivity index (χ0) is 10.4. The predicted octanol–water partition coefficient (Wildman–Crippen LogP) is 0.919. The molecule has 2 amide bonds. The van der Waals surface area contributed by atoms with Crippen molar-refractivity contribution in [3.63, 3.8) is 0 Å². The van der Waals surface area contributed by atoms with Gasteiger partial charge in [0, 0.05) is 25.7 Å². The Morgan fingerprint density at radius 2 is 2.36 bits per heavy atom. The first-order valence-electron chi connectivity index (χ1n) is 5.52. The highest BCUT2D eigenvalue weighted by Gasteiger charge is 2.23. The summed E-state index contributed by atoms with van der Waals surface area (Å²) in [6.07, 6.45) is 4.72. The fraction of sp³-hybridized carbons (Fsp3) is 0.900. The summed E-state index contributed by atoms with van der Waals surface area (Å²) in [6.45, 7) is 4.71. The lowest BCUT2D eigenvalue weighted by Gasteiger charge is -2.35. The van der Waals surface area contributed by atoms with Crippen molar-refractivity contribution in [2.24, 2.45) is 5.73 Å². The Balaban J connectivity index is 2.34. The Morgan fingerprint density at radius 1 is 1.57 bits per heavy atom. The number of primary amides is 1. The van der Waals surface area contributed by atoms with E-state index >= 15 is 0 Å². The summed E-state index contributed by atoms with van der Waals surface area (Å²) in [4.78, 5) is 12.9. The molecule has 0 aliphatic carbocycles. The molecule has 0 aromatic carbocycles. The summed E-state index contributed by atoms with van der Waals surface area (Å²) in [5.74, 6) is 0. The SMILES string of the molecule is CCCCCC1CNCCN1C(N)=O. The molecule has 1 heterocycles. The summed E-state index contributed by atoms with van der Waals surface area (Å²) < 4.78 is 0. The number of carbonyl (C=O) groups is 1. The molecular formula is C10H21N3O. The minimum atomic E-state index is -0.270. The molecule has 4 nitrogen and oxygen atoms in total. The Kier molecular flexibility index (Phi) is 4.73. The van der Waals surface area contributed by atoms with Gasteiger partial charge in [0.05, 0.1) is 0 Å². The van der Waals surface area contributed by atoms with Crippen molar-refractivity contribution < 1.29 is 4.79 Å². The fourth-order valence-corrected chi connectivity index (χ4v) is 1.94. The van der Waals surface area contributed by atoms with Crippen LogP contribution < -0.4 is 11.1 Å². The van der Waals surface area contributed by atoms with Gasteiger partial charge in [-0.2, -0.15) is 0 Å². The van der Waals surface area contributed by atoms with Crippen molar-refractivity contribution in [3.05, 3.63) is 0 Å². The summed E-state index contributed by atoms with van der Waals surface area (Å²) in [5, 5.41) is 3.30. The van der Waals surface area contributed by atoms with Crippen molar-refractivity contribution in [3.8, 4) is 0 Å². The van der Waals surface area contributed by atoms with Crippen molar-refractivity contribution >= 4 is 6.03 Å². The standard InChI is InChI=1S/C10H21N3O/c1-2-3-4-5-9-8-12-6-7-13(9)10(11)14/h9,12H,2-8H2,1H3,(H2,11,14). The van der Waals surface area contributed by atoms with Gasteiger partial charge >= 0.3 is 6.03 Å². The van der Waals surface area contributed by atoms with Crippen LogP contribution in [-0.2, 0) is 0 Å². The number of amides is 2. The van der Waals surface area contributed by atoms with E-state index in [1.807, 2.05) is 0 Å². The summed E-state index contributed by atoms with van der Waals surface area (Å²) in [5.41, 5.74) is 5.32. The van der Waals surface area contributed by atoms with Gasteiger partial charge in [-0.1, -0.05) is 26.2 Å². The molecule has 14 heavy (non-hydrogen) atoms. The summed E-state index contributed by atoms with van der Waals surface area (Å²) >= 11 is 0. The number of hydrogen-bond acceptors (Lipinski definition) is 2. The molecule has 3 N–H and O–H groups in total. The van der Waals surface area contributed by atoms with Gasteiger partial charge in [-0.3, -0.25) is 0 Å². The Morgan fingerprint density at radius 3 is 3.00 bits per heavy atom. The third-order valence-electron chi connectivity index (χ3n) is 2.77. The van der Waals surface area contributed by atoms with Gasteiger partial charge in [-0.05, 0) is 6.42 Å². The zero-order valence-corrected chi connectivity index (χ0v) is 8.96. The molecule has 82 valence electrons. The molecule has 1 aliphatic heterocycles. The molecule has 1 atom stereocenters. The van der Waals surface area contributed by atoms with Crippen molar-refractivity contribution in [1.82, 2.24) is 10.2 Å². The molecular weight excluding hydrogens is 178 g/mol. The number of hydrogen-bond donors (Lipinski definition) is 2. The van der Waals surface area contributed by atoms with E-state index in [1.54, 1.807) is 4.90 Å². The molecule has 0 bridgehead atoms. The average molecular weight is 199 g/mol. The van der Waals surface area contributed by atoms with Crippen LogP contribution in [0.1, 0.15) is 32.6 Å². The van der Waals surface area contributed by atoms with Gasteiger partial charge in [-0.15, -0.1) is 0 Å². The van der Waals surface area contributed by atoms with Gasteiger partial charge in [-0.25, -0.2) is 4.79 Å². The quantitative estimate of drug-likeness (QED) is 0.661. The molecule has 1 saturated heterocycles. The molecule has 0 aromatic rings. The molecule has 1 unspecified atom stereocenters. The maximum Gasteiger partial charge on any atom is 0.315 e. The highest BCUT2D eigenvalue weighted by atomic mass is 16.2. The van der Waals surface area contributed by atoms with Crippen molar-refractivity contribution in [2.45, 2.75) is 38.6 Å². The Labute approximate surface area is 85.8 Å². The summed E-state index contributed by atoms with van der Waals surface area (Å²) in [7, 11) is 0. The first kappa shape index (κ1) is 11.3. The van der Waals surface area contributed by atoms with E-state index < -0.39 is 0 Å². The Hall–Kier alpha value is -0.770. The first-order chi connectivity index (χ1) is 6.75. The van der Waals surface area contributed by atoms with Crippen LogP contribution in [0.5, 0.6) is 0 Å². The number of nitrogens with two attached hydrogens (primary N) is 1. The van der Waals surface area contributed by atoms with Crippen molar-refractivity contribution in [1.29, 1.82) is 0 Å². The number of nitrogens with one attached hydrogen (secondary N) is 1. The minimum Gasteiger partial charge on any atom is -0.351 e. The van der Waals surface area contributed by atoms with Crippen LogP contribution in [0, 0.1) is 0 Å². The maximum absolute atomic E-state index is 11.1. The third kappa shape index (κ3) is 3.18. The molecule has 0 saturated carbocycles. The highest BCUT2D eigenvalue weighted by molar-refractivity contribution is 5.72. The van der Waals surface area contributed by atoms with E-state index in [0.717, 1.165) is 26.1 Å². The van der Waals surface area contributed by atoms with E-state index in [0.29, 0.717) is 6.04 Å². The van der Waals surface area contributed by atoms with Gasteiger partial charge < -0.3 is 16.0 Å². The number of piperazine rings is 1.